The fourth-order valence-corrected chi connectivity index (χ4v) is 2.83. The van der Waals surface area contributed by atoms with E-state index in [2.05, 4.69) is 30.6 Å². The smallest absolute Gasteiger partial charge is 0.245 e. The number of nitrogens with zero attached hydrogens (tertiary/aromatic N) is 3. The van der Waals surface area contributed by atoms with E-state index in [-0.39, 0.29) is 10.2 Å². The number of nitrogens with one attached hydrogen (secondary N) is 3. The molecule has 7 nitrogen and oxygen atoms in total. The van der Waals surface area contributed by atoms with Crippen LogP contribution in [0.5, 0.6) is 0 Å². The molecule has 3 rings (SSSR count). The minimum atomic E-state index is -0.809. The highest BCUT2D eigenvalue weighted by molar-refractivity contribution is 6.31. The lowest BCUT2D eigenvalue weighted by molar-refractivity contribution is -0.124. The fraction of sp³-hybridized carbons (Fsp3) is 0.368. The van der Waals surface area contributed by atoms with Crippen molar-refractivity contribution in [2.75, 3.05) is 11.9 Å². The summed E-state index contributed by atoms with van der Waals surface area (Å²) in [6.07, 6.45) is 6.02. The molecule has 0 aliphatic rings. The van der Waals surface area contributed by atoms with Gasteiger partial charge in [-0.3, -0.25) is 4.79 Å². The second kappa shape index (κ2) is 7.52. The zero-order valence-corrected chi connectivity index (χ0v) is 16.6. The Morgan fingerprint density at radius 2 is 2.11 bits per heavy atom. The van der Waals surface area contributed by atoms with Crippen LogP contribution in [0.15, 0.2) is 24.7 Å². The lowest BCUT2D eigenvalue weighted by atomic mass is 10.0. The van der Waals surface area contributed by atoms with Crippen LogP contribution < -0.4 is 10.6 Å². The molecule has 0 atom stereocenters. The Balaban J connectivity index is 0.00000280. The van der Waals surface area contributed by atoms with Gasteiger partial charge >= 0.3 is 0 Å². The topological polar surface area (TPSA) is 95.6 Å². The summed E-state index contributed by atoms with van der Waals surface area (Å²) in [7, 11) is 0. The van der Waals surface area contributed by atoms with Gasteiger partial charge in [-0.2, -0.15) is 0 Å². The number of carbonyl (C=O) groups is 1. The number of H-pyrrole nitrogens is 1. The lowest BCUT2D eigenvalue weighted by Gasteiger charge is -2.26. The van der Waals surface area contributed by atoms with Crippen molar-refractivity contribution in [1.29, 1.82) is 0 Å². The number of rotatable bonds is 6. The van der Waals surface area contributed by atoms with Gasteiger partial charge in [-0.05, 0) is 33.3 Å². The predicted octanol–water partition coefficient (Wildman–Crippen LogP) is 4.44. The standard InChI is InChI=1S/C19H23ClN6O.3H2/c1-5-6-21-18(27)19(3,4)26-15-11(2)8-22-17(25-15)14-10-24-16-13(14)7-12(20)9-23-16;;;/h7-10H,5-6H2,1-4H3,(H,21,27)(H,23,24)(H,22,25,26);3*1H. The predicted molar refractivity (Wildman–Crippen MR) is 114 cm³/mol. The van der Waals surface area contributed by atoms with Gasteiger partial charge in [0.25, 0.3) is 0 Å². The van der Waals surface area contributed by atoms with Gasteiger partial charge in [0.05, 0.1) is 5.02 Å². The molecule has 0 aliphatic heterocycles. The third kappa shape index (κ3) is 4.03. The minimum absolute atomic E-state index is 0. The van der Waals surface area contributed by atoms with Crippen molar-refractivity contribution in [1.82, 2.24) is 25.3 Å². The van der Waals surface area contributed by atoms with E-state index in [1.165, 1.54) is 0 Å². The second-order valence-corrected chi connectivity index (χ2v) is 7.42. The molecule has 148 valence electrons. The van der Waals surface area contributed by atoms with Crippen LogP contribution in [0.2, 0.25) is 5.02 Å². The van der Waals surface area contributed by atoms with Crippen LogP contribution in [0, 0.1) is 6.92 Å². The van der Waals surface area contributed by atoms with Crippen molar-refractivity contribution in [3.05, 3.63) is 35.2 Å². The highest BCUT2D eigenvalue weighted by Crippen LogP contribution is 2.28. The van der Waals surface area contributed by atoms with Gasteiger partial charge < -0.3 is 15.6 Å². The number of aromatic amines is 1. The Bertz CT molecular complexity index is 996. The number of hydrogen-bond acceptors (Lipinski definition) is 5. The van der Waals surface area contributed by atoms with Crippen molar-refractivity contribution in [2.45, 2.75) is 39.7 Å². The van der Waals surface area contributed by atoms with E-state index in [1.807, 2.05) is 40.0 Å². The molecule has 0 radical (unpaired) electrons. The van der Waals surface area contributed by atoms with Crippen LogP contribution in [-0.2, 0) is 4.79 Å². The van der Waals surface area contributed by atoms with Gasteiger partial charge in [0.15, 0.2) is 5.82 Å². The summed E-state index contributed by atoms with van der Waals surface area (Å²) >= 11 is 6.08. The van der Waals surface area contributed by atoms with Gasteiger partial charge in [-0.25, -0.2) is 15.0 Å². The summed E-state index contributed by atoms with van der Waals surface area (Å²) < 4.78 is 0. The largest absolute Gasteiger partial charge is 0.356 e. The highest BCUT2D eigenvalue weighted by atomic mass is 35.5. The Morgan fingerprint density at radius 1 is 1.33 bits per heavy atom. The number of amides is 1. The third-order valence-electron chi connectivity index (χ3n) is 4.24. The normalized spacial score (nSPS) is 11.6. The molecule has 0 spiro atoms. The maximum absolute atomic E-state index is 12.4. The zero-order chi connectivity index (χ0) is 19.6. The van der Waals surface area contributed by atoms with E-state index in [0.717, 1.165) is 22.9 Å². The minimum Gasteiger partial charge on any atom is -0.356 e. The van der Waals surface area contributed by atoms with Crippen LogP contribution in [0.4, 0.5) is 5.82 Å². The summed E-state index contributed by atoms with van der Waals surface area (Å²) in [5.41, 5.74) is 1.56. The van der Waals surface area contributed by atoms with Crippen LogP contribution in [0.3, 0.4) is 0 Å². The number of aromatic nitrogens is 4. The molecule has 0 bridgehead atoms. The molecule has 0 aromatic carbocycles. The molecule has 0 unspecified atom stereocenters. The number of aryl methyl sites for hydroxylation is 1. The van der Waals surface area contributed by atoms with Gasteiger partial charge in [0.1, 0.15) is 17.0 Å². The lowest BCUT2D eigenvalue weighted by Crippen LogP contribution is -2.48. The maximum atomic E-state index is 12.4. The van der Waals surface area contributed by atoms with Crippen molar-refractivity contribution in [3.8, 4) is 11.4 Å². The molecule has 1 amide bonds. The Kier molecular flexibility index (Phi) is 5.32. The van der Waals surface area contributed by atoms with Crippen molar-refractivity contribution in [2.24, 2.45) is 0 Å². The van der Waals surface area contributed by atoms with Crippen LogP contribution in [0.1, 0.15) is 37.0 Å². The van der Waals surface area contributed by atoms with Gasteiger partial charge in [0, 0.05) is 45.9 Å². The zero-order valence-electron chi connectivity index (χ0n) is 15.9. The van der Waals surface area contributed by atoms with Gasteiger partial charge in [0.2, 0.25) is 5.91 Å². The summed E-state index contributed by atoms with van der Waals surface area (Å²) in [5.74, 6) is 1.07. The summed E-state index contributed by atoms with van der Waals surface area (Å²) in [6.45, 7) is 8.22. The molecule has 0 saturated carbocycles. The van der Waals surface area contributed by atoms with E-state index in [0.29, 0.717) is 28.9 Å². The average molecular weight is 393 g/mol. The first kappa shape index (κ1) is 19.1. The summed E-state index contributed by atoms with van der Waals surface area (Å²) in [6, 6.07) is 1.83. The van der Waals surface area contributed by atoms with Gasteiger partial charge in [-0.15, -0.1) is 0 Å². The average Bonchev–Trinajstić information content (AvgIpc) is 3.04. The van der Waals surface area contributed by atoms with E-state index < -0.39 is 5.54 Å². The van der Waals surface area contributed by atoms with Crippen LogP contribution in [0.25, 0.3) is 22.4 Å². The second-order valence-electron chi connectivity index (χ2n) is 6.98. The molecular weight excluding hydrogens is 364 g/mol. The molecule has 0 saturated heterocycles. The monoisotopic (exact) mass is 392 g/mol. The summed E-state index contributed by atoms with van der Waals surface area (Å²) in [4.78, 5) is 28.9. The van der Waals surface area contributed by atoms with E-state index in [4.69, 9.17) is 11.6 Å². The van der Waals surface area contributed by atoms with E-state index >= 15 is 0 Å². The van der Waals surface area contributed by atoms with E-state index in [1.54, 1.807) is 12.4 Å². The summed E-state index contributed by atoms with van der Waals surface area (Å²) in [5, 5.41) is 7.54. The number of halogens is 1. The maximum Gasteiger partial charge on any atom is 0.245 e. The first-order valence-corrected chi connectivity index (χ1v) is 9.22. The quantitative estimate of drug-likeness (QED) is 0.576. The van der Waals surface area contributed by atoms with Crippen molar-refractivity contribution < 1.29 is 9.07 Å². The van der Waals surface area contributed by atoms with E-state index in [9.17, 15) is 4.79 Å². The first-order valence-electron chi connectivity index (χ1n) is 8.85. The highest BCUT2D eigenvalue weighted by Gasteiger charge is 2.28. The molecule has 3 aromatic rings. The molecular formula is C19H29ClN6O. The first-order chi connectivity index (χ1) is 12.8. The van der Waals surface area contributed by atoms with Crippen molar-refractivity contribution >= 4 is 34.4 Å². The number of pyridine rings is 1. The molecule has 27 heavy (non-hydrogen) atoms. The Labute approximate surface area is 167 Å². The van der Waals surface area contributed by atoms with Crippen molar-refractivity contribution in [3.63, 3.8) is 0 Å². The molecule has 3 heterocycles. The number of fused-ring (bicyclic) bond motifs is 1. The molecule has 8 heteroatoms. The fourth-order valence-electron chi connectivity index (χ4n) is 2.67. The molecule has 3 N–H and O–H groups in total. The number of anilines is 1. The third-order valence-corrected chi connectivity index (χ3v) is 4.45. The number of hydrogen-bond donors (Lipinski definition) is 3. The molecule has 3 aromatic heterocycles. The Morgan fingerprint density at radius 3 is 2.85 bits per heavy atom. The Hall–Kier alpha value is -2.67. The number of carbonyl (C=O) groups excluding carboxylic acids is 1. The molecule has 0 aliphatic carbocycles. The van der Waals surface area contributed by atoms with Gasteiger partial charge in [-0.1, -0.05) is 18.5 Å². The van der Waals surface area contributed by atoms with Crippen LogP contribution in [-0.4, -0.2) is 37.9 Å². The van der Waals surface area contributed by atoms with Crippen LogP contribution >= 0.6 is 11.6 Å². The SMILES string of the molecule is CCCNC(=O)C(C)(C)Nc1nc(-c2c[nH]c3ncc(Cl)cc23)ncc1C.[HH].[HH].[HH]. The molecule has 0 fully saturated rings.